The van der Waals surface area contributed by atoms with Crippen LogP contribution in [0.5, 0.6) is 0 Å². The second kappa shape index (κ2) is 8.16. The Labute approximate surface area is 151 Å². The molecule has 0 unspecified atom stereocenters. The summed E-state index contributed by atoms with van der Waals surface area (Å²) in [6.07, 6.45) is -0.485. The Morgan fingerprint density at radius 3 is 2.28 bits per heavy atom. The molecule has 0 bridgehead atoms. The molecule has 142 valence electrons. The van der Waals surface area contributed by atoms with Crippen LogP contribution < -0.4 is 10.0 Å². The van der Waals surface area contributed by atoms with E-state index in [1.807, 2.05) is 0 Å². The molecule has 25 heavy (non-hydrogen) atoms. The Balaban J connectivity index is 1.80. The standard InChI is InChI=1S/C18H26F4N2S/c1-17(2,3)25-24-13-6-4-12(5-7-13)11-23-14-8-9-16(19)15(10-14)18(20,21)22/h8-10,12-13,23-24H,4-7,11H2,1-3H3. The van der Waals surface area contributed by atoms with Gasteiger partial charge in [0, 0.05) is 23.0 Å². The molecule has 1 aromatic carbocycles. The van der Waals surface area contributed by atoms with E-state index in [-0.39, 0.29) is 4.75 Å². The van der Waals surface area contributed by atoms with Crippen LogP contribution in [0.2, 0.25) is 0 Å². The van der Waals surface area contributed by atoms with Crippen molar-refractivity contribution in [3.05, 3.63) is 29.6 Å². The third-order valence-corrected chi connectivity index (χ3v) is 5.31. The summed E-state index contributed by atoms with van der Waals surface area (Å²) in [4.78, 5) is 0. The fourth-order valence-corrected chi connectivity index (χ4v) is 3.62. The molecule has 0 radical (unpaired) electrons. The van der Waals surface area contributed by atoms with E-state index in [9.17, 15) is 17.6 Å². The second-order valence-electron chi connectivity index (χ2n) is 7.62. The van der Waals surface area contributed by atoms with Gasteiger partial charge < -0.3 is 5.32 Å². The topological polar surface area (TPSA) is 24.1 Å². The minimum Gasteiger partial charge on any atom is -0.385 e. The molecule has 0 atom stereocenters. The summed E-state index contributed by atoms with van der Waals surface area (Å²) >= 11 is 1.75. The van der Waals surface area contributed by atoms with E-state index in [1.54, 1.807) is 11.9 Å². The molecule has 0 saturated heterocycles. The predicted octanol–water partition coefficient (Wildman–Crippen LogP) is 5.85. The van der Waals surface area contributed by atoms with Gasteiger partial charge in [-0.25, -0.2) is 4.39 Å². The first kappa shape index (κ1) is 20.4. The highest BCUT2D eigenvalue weighted by Gasteiger charge is 2.34. The fourth-order valence-electron chi connectivity index (χ4n) is 2.86. The average molecular weight is 378 g/mol. The molecule has 0 aromatic heterocycles. The molecule has 2 rings (SSSR count). The molecule has 1 aromatic rings. The van der Waals surface area contributed by atoms with Gasteiger partial charge in [0.15, 0.2) is 0 Å². The molecule has 0 heterocycles. The van der Waals surface area contributed by atoms with Crippen LogP contribution >= 0.6 is 11.9 Å². The monoisotopic (exact) mass is 378 g/mol. The number of alkyl halides is 3. The molecule has 1 aliphatic rings. The molecule has 1 fully saturated rings. The van der Waals surface area contributed by atoms with E-state index in [0.29, 0.717) is 24.2 Å². The van der Waals surface area contributed by atoms with Crippen molar-refractivity contribution in [3.63, 3.8) is 0 Å². The van der Waals surface area contributed by atoms with Crippen molar-refractivity contribution in [1.29, 1.82) is 0 Å². The first-order chi connectivity index (χ1) is 11.5. The smallest absolute Gasteiger partial charge is 0.385 e. The number of benzene rings is 1. The lowest BCUT2D eigenvalue weighted by Crippen LogP contribution is -2.33. The van der Waals surface area contributed by atoms with Crippen LogP contribution in [-0.4, -0.2) is 17.3 Å². The van der Waals surface area contributed by atoms with Gasteiger partial charge in [-0.1, -0.05) is 11.9 Å². The van der Waals surface area contributed by atoms with Crippen molar-refractivity contribution >= 4 is 17.6 Å². The molecule has 1 aliphatic carbocycles. The molecule has 0 amide bonds. The largest absolute Gasteiger partial charge is 0.419 e. The summed E-state index contributed by atoms with van der Waals surface area (Å²) in [6, 6.07) is 3.57. The summed E-state index contributed by atoms with van der Waals surface area (Å²) in [5.74, 6) is -0.807. The van der Waals surface area contributed by atoms with Gasteiger partial charge in [0.1, 0.15) is 5.82 Å². The number of hydrogen-bond acceptors (Lipinski definition) is 3. The lowest BCUT2D eigenvalue weighted by Gasteiger charge is -2.31. The average Bonchev–Trinajstić information content (AvgIpc) is 2.51. The fraction of sp³-hybridized carbons (Fsp3) is 0.667. The predicted molar refractivity (Wildman–Crippen MR) is 96.1 cm³/mol. The molecule has 7 heteroatoms. The quantitative estimate of drug-likeness (QED) is 0.496. The van der Waals surface area contributed by atoms with Crippen molar-refractivity contribution in [2.24, 2.45) is 5.92 Å². The normalized spacial score (nSPS) is 22.0. The van der Waals surface area contributed by atoms with Crippen LogP contribution in [0, 0.1) is 11.7 Å². The molecule has 2 N–H and O–H groups in total. The van der Waals surface area contributed by atoms with Gasteiger partial charge in [-0.3, -0.25) is 4.72 Å². The Bertz CT molecular complexity index is 561. The highest BCUT2D eigenvalue weighted by atomic mass is 32.2. The highest BCUT2D eigenvalue weighted by molar-refractivity contribution is 7.98. The van der Waals surface area contributed by atoms with Gasteiger partial charge in [-0.05, 0) is 70.6 Å². The number of halogens is 4. The van der Waals surface area contributed by atoms with Gasteiger partial charge in [-0.2, -0.15) is 13.2 Å². The minimum atomic E-state index is -4.67. The SMILES string of the molecule is CC(C)(C)SNC1CCC(CNc2ccc(F)c(C(F)(F)F)c2)CC1. The first-order valence-corrected chi connectivity index (χ1v) is 9.40. The van der Waals surface area contributed by atoms with E-state index >= 15 is 0 Å². The Kier molecular flexibility index (Phi) is 6.65. The Morgan fingerprint density at radius 1 is 1.08 bits per heavy atom. The van der Waals surface area contributed by atoms with Gasteiger partial charge in [-0.15, -0.1) is 0 Å². The third-order valence-electron chi connectivity index (χ3n) is 4.25. The summed E-state index contributed by atoms with van der Waals surface area (Å²) in [5.41, 5.74) is -0.901. The Hall–Kier alpha value is -0.950. The van der Waals surface area contributed by atoms with Crippen molar-refractivity contribution < 1.29 is 17.6 Å². The van der Waals surface area contributed by atoms with Crippen molar-refractivity contribution in [3.8, 4) is 0 Å². The van der Waals surface area contributed by atoms with Crippen molar-refractivity contribution in [2.75, 3.05) is 11.9 Å². The maximum Gasteiger partial charge on any atom is 0.419 e. The lowest BCUT2D eigenvalue weighted by molar-refractivity contribution is -0.139. The molecular weight excluding hydrogens is 352 g/mol. The van der Waals surface area contributed by atoms with E-state index in [0.717, 1.165) is 37.8 Å². The van der Waals surface area contributed by atoms with Crippen LogP contribution in [0.15, 0.2) is 18.2 Å². The highest BCUT2D eigenvalue weighted by Crippen LogP contribution is 2.33. The van der Waals surface area contributed by atoms with Gasteiger partial charge >= 0.3 is 6.18 Å². The van der Waals surface area contributed by atoms with Crippen LogP contribution in [-0.2, 0) is 6.18 Å². The van der Waals surface area contributed by atoms with E-state index < -0.39 is 17.6 Å². The molecular formula is C18H26F4N2S. The molecule has 2 nitrogen and oxygen atoms in total. The number of anilines is 1. The van der Waals surface area contributed by atoms with Crippen LogP contribution in [0.1, 0.15) is 52.0 Å². The summed E-state index contributed by atoms with van der Waals surface area (Å²) in [5, 5.41) is 3.03. The number of hydrogen-bond donors (Lipinski definition) is 2. The maximum atomic E-state index is 13.3. The minimum absolute atomic E-state index is 0.178. The molecule has 0 aliphatic heterocycles. The van der Waals surface area contributed by atoms with E-state index in [4.69, 9.17) is 0 Å². The lowest BCUT2D eigenvalue weighted by atomic mass is 9.86. The molecule has 0 spiro atoms. The molecule has 1 saturated carbocycles. The van der Waals surface area contributed by atoms with Gasteiger partial charge in [0.25, 0.3) is 0 Å². The first-order valence-electron chi connectivity index (χ1n) is 8.59. The van der Waals surface area contributed by atoms with Crippen LogP contribution in [0.25, 0.3) is 0 Å². The van der Waals surface area contributed by atoms with Crippen LogP contribution in [0.3, 0.4) is 0 Å². The number of rotatable bonds is 5. The zero-order valence-electron chi connectivity index (χ0n) is 14.8. The second-order valence-corrected chi connectivity index (χ2v) is 9.29. The van der Waals surface area contributed by atoms with E-state index in [2.05, 4.69) is 30.8 Å². The van der Waals surface area contributed by atoms with Gasteiger partial charge in [0.05, 0.1) is 5.56 Å². The van der Waals surface area contributed by atoms with Crippen molar-refractivity contribution in [1.82, 2.24) is 4.72 Å². The summed E-state index contributed by atoms with van der Waals surface area (Å²) in [7, 11) is 0. The maximum absolute atomic E-state index is 13.3. The Morgan fingerprint density at radius 2 is 1.72 bits per heavy atom. The van der Waals surface area contributed by atoms with Gasteiger partial charge in [0.2, 0.25) is 0 Å². The zero-order valence-corrected chi connectivity index (χ0v) is 15.7. The summed E-state index contributed by atoms with van der Waals surface area (Å²) in [6.45, 7) is 7.11. The summed E-state index contributed by atoms with van der Waals surface area (Å²) < 4.78 is 55.2. The van der Waals surface area contributed by atoms with E-state index in [1.165, 1.54) is 6.07 Å². The zero-order chi connectivity index (χ0) is 18.7. The van der Waals surface area contributed by atoms with Crippen molar-refractivity contribution in [2.45, 2.75) is 63.4 Å². The number of nitrogens with one attached hydrogen (secondary N) is 2. The third kappa shape index (κ3) is 6.70. The van der Waals surface area contributed by atoms with Crippen LogP contribution in [0.4, 0.5) is 23.2 Å².